The van der Waals surface area contributed by atoms with E-state index in [2.05, 4.69) is 63.0 Å². The number of nitrogens with one attached hydrogen (secondary N) is 1. The van der Waals surface area contributed by atoms with E-state index in [0.29, 0.717) is 6.54 Å². The van der Waals surface area contributed by atoms with Gasteiger partial charge in [0.2, 0.25) is 0 Å². The minimum atomic E-state index is -0.0266. The maximum absolute atomic E-state index is 11.8. The van der Waals surface area contributed by atoms with Crippen LogP contribution in [0.3, 0.4) is 0 Å². The van der Waals surface area contributed by atoms with E-state index < -0.39 is 0 Å². The smallest absolute Gasteiger partial charge is 0.321 e. The van der Waals surface area contributed by atoms with Crippen LogP contribution in [-0.4, -0.2) is 55.6 Å². The highest BCUT2D eigenvalue weighted by Gasteiger charge is 2.21. The molecular weight excluding hydrogens is 380 g/mol. The molecule has 1 aromatic heterocycles. The molecule has 2 aliphatic rings. The molecule has 0 spiro atoms. The molecule has 0 aliphatic carbocycles. The van der Waals surface area contributed by atoms with Gasteiger partial charge in [-0.05, 0) is 47.2 Å². The molecule has 3 aromatic rings. The largest absolute Gasteiger partial charge is 0.368 e. The van der Waals surface area contributed by atoms with Crippen LogP contribution in [-0.2, 0) is 13.0 Å². The molecule has 0 bridgehead atoms. The van der Waals surface area contributed by atoms with Gasteiger partial charge in [0.15, 0.2) is 0 Å². The third-order valence-corrected chi connectivity index (χ3v) is 6.95. The number of urea groups is 1. The van der Waals surface area contributed by atoms with Crippen molar-refractivity contribution in [2.75, 3.05) is 50.0 Å². The third kappa shape index (κ3) is 3.70. The SMILES string of the molecule is CN1Cc2cc(CCN3CCN(c4cccc5sccc45)CC3)ccc2NC1=O. The number of carbonyl (C=O) groups excluding carboxylic acids is 1. The first kappa shape index (κ1) is 18.5. The summed E-state index contributed by atoms with van der Waals surface area (Å²) in [7, 11) is 1.83. The normalized spacial score (nSPS) is 17.5. The second kappa shape index (κ2) is 7.69. The third-order valence-electron chi connectivity index (χ3n) is 6.07. The van der Waals surface area contributed by atoms with Crippen molar-refractivity contribution in [3.8, 4) is 0 Å². The number of amides is 2. The molecule has 0 saturated carbocycles. The summed E-state index contributed by atoms with van der Waals surface area (Å²) in [5.74, 6) is 0. The van der Waals surface area contributed by atoms with Crippen molar-refractivity contribution >= 4 is 38.8 Å². The average molecular weight is 407 g/mol. The molecule has 2 aliphatic heterocycles. The van der Waals surface area contributed by atoms with Crippen molar-refractivity contribution in [3.63, 3.8) is 0 Å². The molecular formula is C23H26N4OS. The standard InChI is InChI=1S/C23H26N4OS/c1-25-16-18-15-17(5-6-20(18)24-23(25)28)7-9-26-10-12-27(13-11-26)21-3-2-4-22-19(21)8-14-29-22/h2-6,8,14-15H,7,9-13,16H2,1H3,(H,24,28). The average Bonchev–Trinajstić information content (AvgIpc) is 3.22. The number of fused-ring (bicyclic) bond motifs is 2. The zero-order chi connectivity index (χ0) is 19.8. The first-order valence-electron chi connectivity index (χ1n) is 10.2. The Morgan fingerprint density at radius 1 is 1.07 bits per heavy atom. The van der Waals surface area contributed by atoms with Gasteiger partial charge in [0.05, 0.1) is 0 Å². The molecule has 6 heteroatoms. The molecule has 2 amide bonds. The Balaban J connectivity index is 1.18. The van der Waals surface area contributed by atoms with Crippen molar-refractivity contribution in [2.45, 2.75) is 13.0 Å². The molecule has 5 rings (SSSR count). The molecule has 0 radical (unpaired) electrons. The molecule has 29 heavy (non-hydrogen) atoms. The van der Waals surface area contributed by atoms with Crippen LogP contribution in [0.15, 0.2) is 47.8 Å². The molecule has 1 N–H and O–H groups in total. The zero-order valence-electron chi connectivity index (χ0n) is 16.7. The van der Waals surface area contributed by atoms with Crippen LogP contribution >= 0.6 is 11.3 Å². The summed E-state index contributed by atoms with van der Waals surface area (Å²) in [6.45, 7) is 6.12. The number of anilines is 2. The van der Waals surface area contributed by atoms with Gasteiger partial charge in [-0.1, -0.05) is 18.2 Å². The van der Waals surface area contributed by atoms with Gasteiger partial charge in [0.1, 0.15) is 0 Å². The zero-order valence-corrected chi connectivity index (χ0v) is 17.5. The second-order valence-corrected chi connectivity index (χ2v) is 8.91. The number of carbonyl (C=O) groups is 1. The molecule has 3 heterocycles. The number of hydrogen-bond acceptors (Lipinski definition) is 4. The quantitative estimate of drug-likeness (QED) is 0.704. The lowest BCUT2D eigenvalue weighted by molar-refractivity contribution is 0.218. The van der Waals surface area contributed by atoms with Crippen LogP contribution < -0.4 is 10.2 Å². The Morgan fingerprint density at radius 3 is 2.79 bits per heavy atom. The van der Waals surface area contributed by atoms with Crippen molar-refractivity contribution in [1.82, 2.24) is 9.80 Å². The molecule has 2 aromatic carbocycles. The summed E-state index contributed by atoms with van der Waals surface area (Å²) in [6, 6.07) is 15.3. The lowest BCUT2D eigenvalue weighted by Gasteiger charge is -2.36. The van der Waals surface area contributed by atoms with Gasteiger partial charge in [-0.15, -0.1) is 11.3 Å². The number of thiophene rings is 1. The van der Waals surface area contributed by atoms with Gasteiger partial charge in [0, 0.05) is 67.8 Å². The van der Waals surface area contributed by atoms with Crippen LogP contribution in [0.1, 0.15) is 11.1 Å². The van der Waals surface area contributed by atoms with Gasteiger partial charge in [-0.3, -0.25) is 4.90 Å². The van der Waals surface area contributed by atoms with E-state index in [0.717, 1.165) is 44.8 Å². The van der Waals surface area contributed by atoms with E-state index in [1.165, 1.54) is 26.9 Å². The highest BCUT2D eigenvalue weighted by molar-refractivity contribution is 7.17. The number of hydrogen-bond donors (Lipinski definition) is 1. The first-order valence-corrected chi connectivity index (χ1v) is 11.1. The maximum atomic E-state index is 11.8. The lowest BCUT2D eigenvalue weighted by atomic mass is 10.0. The van der Waals surface area contributed by atoms with Crippen LogP contribution in [0.5, 0.6) is 0 Å². The fourth-order valence-corrected chi connectivity index (χ4v) is 5.15. The summed E-state index contributed by atoms with van der Waals surface area (Å²) >= 11 is 1.82. The number of nitrogens with zero attached hydrogens (tertiary/aromatic N) is 3. The topological polar surface area (TPSA) is 38.8 Å². The summed E-state index contributed by atoms with van der Waals surface area (Å²) in [5, 5.41) is 6.52. The Hall–Kier alpha value is -2.57. The number of rotatable bonds is 4. The van der Waals surface area contributed by atoms with Crippen molar-refractivity contribution < 1.29 is 4.79 Å². The van der Waals surface area contributed by atoms with Crippen LogP contribution in [0.2, 0.25) is 0 Å². The van der Waals surface area contributed by atoms with E-state index in [4.69, 9.17) is 0 Å². The molecule has 0 unspecified atom stereocenters. The number of piperazine rings is 1. The molecule has 5 nitrogen and oxygen atoms in total. The first-order chi connectivity index (χ1) is 14.2. The summed E-state index contributed by atoms with van der Waals surface area (Å²) < 4.78 is 1.37. The number of benzene rings is 2. The van der Waals surface area contributed by atoms with E-state index in [-0.39, 0.29) is 6.03 Å². The lowest BCUT2D eigenvalue weighted by Crippen LogP contribution is -2.47. The van der Waals surface area contributed by atoms with Crippen LogP contribution in [0.25, 0.3) is 10.1 Å². The monoisotopic (exact) mass is 406 g/mol. The van der Waals surface area contributed by atoms with Crippen molar-refractivity contribution in [2.24, 2.45) is 0 Å². The van der Waals surface area contributed by atoms with Crippen molar-refractivity contribution in [3.05, 3.63) is 59.0 Å². The molecule has 0 atom stereocenters. The molecule has 1 fully saturated rings. The van der Waals surface area contributed by atoms with E-state index in [1.54, 1.807) is 4.90 Å². The Kier molecular flexibility index (Phi) is 4.89. The Labute approximate surface area is 175 Å². The fourth-order valence-electron chi connectivity index (χ4n) is 4.35. The molecule has 150 valence electrons. The highest BCUT2D eigenvalue weighted by atomic mass is 32.1. The summed E-state index contributed by atoms with van der Waals surface area (Å²) in [4.78, 5) is 18.6. The van der Waals surface area contributed by atoms with Crippen LogP contribution in [0, 0.1) is 0 Å². The predicted molar refractivity (Wildman–Crippen MR) is 121 cm³/mol. The second-order valence-electron chi connectivity index (χ2n) is 7.97. The van der Waals surface area contributed by atoms with Gasteiger partial charge in [-0.2, -0.15) is 0 Å². The highest BCUT2D eigenvalue weighted by Crippen LogP contribution is 2.31. The Bertz CT molecular complexity index is 1040. The van der Waals surface area contributed by atoms with Gasteiger partial charge in [0.25, 0.3) is 0 Å². The van der Waals surface area contributed by atoms with E-state index in [9.17, 15) is 4.79 Å². The Morgan fingerprint density at radius 2 is 1.93 bits per heavy atom. The molecule has 1 saturated heterocycles. The van der Waals surface area contributed by atoms with Crippen molar-refractivity contribution in [1.29, 1.82) is 0 Å². The summed E-state index contributed by atoms with van der Waals surface area (Å²) in [6.07, 6.45) is 1.05. The van der Waals surface area contributed by atoms with Crippen LogP contribution in [0.4, 0.5) is 16.2 Å². The fraction of sp³-hybridized carbons (Fsp3) is 0.348. The summed E-state index contributed by atoms with van der Waals surface area (Å²) in [5.41, 5.74) is 4.88. The van der Waals surface area contributed by atoms with E-state index >= 15 is 0 Å². The minimum Gasteiger partial charge on any atom is -0.368 e. The van der Waals surface area contributed by atoms with Gasteiger partial charge >= 0.3 is 6.03 Å². The minimum absolute atomic E-state index is 0.0266. The predicted octanol–water partition coefficient (Wildman–Crippen LogP) is 4.24. The maximum Gasteiger partial charge on any atom is 0.321 e. The van der Waals surface area contributed by atoms with Gasteiger partial charge in [-0.25, -0.2) is 4.79 Å². The van der Waals surface area contributed by atoms with E-state index in [1.807, 2.05) is 18.4 Å². The van der Waals surface area contributed by atoms with Gasteiger partial charge < -0.3 is 15.1 Å².